The minimum absolute atomic E-state index is 0.302. The van der Waals surface area contributed by atoms with Gasteiger partial charge in [0.1, 0.15) is 0 Å². The van der Waals surface area contributed by atoms with Gasteiger partial charge in [0.25, 0.3) is 0 Å². The van der Waals surface area contributed by atoms with Crippen molar-refractivity contribution in [2.24, 2.45) is 5.92 Å². The fraction of sp³-hybridized carbons (Fsp3) is 0.636. The van der Waals surface area contributed by atoms with Crippen LogP contribution >= 0.6 is 34.5 Å². The molecule has 0 aromatic carbocycles. The molecular weight excluding hydrogens is 235 g/mol. The van der Waals surface area contributed by atoms with E-state index in [0.29, 0.717) is 11.3 Å². The van der Waals surface area contributed by atoms with Crippen LogP contribution in [0, 0.1) is 5.92 Å². The summed E-state index contributed by atoms with van der Waals surface area (Å²) < 4.78 is 0.870. The maximum atomic E-state index is 6.20. The van der Waals surface area contributed by atoms with Gasteiger partial charge in [0.05, 0.1) is 4.34 Å². The van der Waals surface area contributed by atoms with Crippen LogP contribution in [0.1, 0.15) is 31.6 Å². The highest BCUT2D eigenvalue weighted by molar-refractivity contribution is 7.16. The maximum Gasteiger partial charge on any atom is 0.0931 e. The van der Waals surface area contributed by atoms with E-state index in [1.165, 1.54) is 4.88 Å². The summed E-state index contributed by atoms with van der Waals surface area (Å²) in [6.45, 7) is 4.41. The lowest BCUT2D eigenvalue weighted by Crippen LogP contribution is -2.04. The van der Waals surface area contributed by atoms with Gasteiger partial charge >= 0.3 is 0 Å². The minimum atomic E-state index is 0.302. The molecule has 0 nitrogen and oxygen atoms in total. The topological polar surface area (TPSA) is 0 Å². The van der Waals surface area contributed by atoms with Crippen molar-refractivity contribution < 1.29 is 0 Å². The normalized spacial score (nSPS) is 13.5. The number of hydrogen-bond donors (Lipinski definition) is 0. The van der Waals surface area contributed by atoms with E-state index in [2.05, 4.69) is 19.9 Å². The zero-order chi connectivity index (χ0) is 10.6. The average molecular weight is 251 g/mol. The number of thiophene rings is 1. The van der Waals surface area contributed by atoms with Crippen LogP contribution in [-0.4, -0.2) is 5.38 Å². The van der Waals surface area contributed by atoms with Crippen LogP contribution in [0.3, 0.4) is 0 Å². The Labute approximate surface area is 100 Å². The van der Waals surface area contributed by atoms with Crippen molar-refractivity contribution in [1.82, 2.24) is 0 Å². The van der Waals surface area contributed by atoms with Crippen molar-refractivity contribution in [3.05, 3.63) is 21.3 Å². The molecule has 0 spiro atoms. The average Bonchev–Trinajstić information content (AvgIpc) is 2.47. The van der Waals surface area contributed by atoms with E-state index >= 15 is 0 Å². The molecule has 0 radical (unpaired) electrons. The van der Waals surface area contributed by atoms with E-state index in [1.54, 1.807) is 11.3 Å². The van der Waals surface area contributed by atoms with Crippen LogP contribution < -0.4 is 0 Å². The summed E-state index contributed by atoms with van der Waals surface area (Å²) in [5.41, 5.74) is 0. The number of hydrogen-bond acceptors (Lipinski definition) is 1. The fourth-order valence-electron chi connectivity index (χ4n) is 1.41. The largest absolute Gasteiger partial charge is 0.128 e. The molecule has 0 saturated carbocycles. The summed E-state index contributed by atoms with van der Waals surface area (Å²) in [6.07, 6.45) is 3.20. The third kappa shape index (κ3) is 4.68. The molecule has 80 valence electrons. The third-order valence-electron chi connectivity index (χ3n) is 2.06. The lowest BCUT2D eigenvalue weighted by Gasteiger charge is -2.10. The molecule has 0 aliphatic rings. The predicted molar refractivity (Wildman–Crippen MR) is 66.7 cm³/mol. The second-order valence-electron chi connectivity index (χ2n) is 3.97. The van der Waals surface area contributed by atoms with Gasteiger partial charge in [-0.3, -0.25) is 0 Å². The Morgan fingerprint density at radius 3 is 2.57 bits per heavy atom. The van der Waals surface area contributed by atoms with Crippen LogP contribution in [0.5, 0.6) is 0 Å². The van der Waals surface area contributed by atoms with Crippen molar-refractivity contribution in [3.8, 4) is 0 Å². The van der Waals surface area contributed by atoms with Gasteiger partial charge in [-0.05, 0) is 37.3 Å². The summed E-state index contributed by atoms with van der Waals surface area (Å²) in [5.74, 6) is 0.685. The van der Waals surface area contributed by atoms with Crippen LogP contribution in [-0.2, 0) is 6.42 Å². The Kier molecular flexibility index (Phi) is 5.29. The van der Waals surface area contributed by atoms with Crippen molar-refractivity contribution in [1.29, 1.82) is 0 Å². The van der Waals surface area contributed by atoms with E-state index in [9.17, 15) is 0 Å². The first-order chi connectivity index (χ1) is 6.58. The second-order valence-corrected chi connectivity index (χ2v) is 6.39. The first-order valence-electron chi connectivity index (χ1n) is 4.96. The number of alkyl halides is 1. The van der Waals surface area contributed by atoms with Gasteiger partial charge in [-0.2, -0.15) is 0 Å². The third-order valence-corrected chi connectivity index (χ3v) is 3.75. The molecule has 0 amide bonds. The second kappa shape index (κ2) is 5.99. The van der Waals surface area contributed by atoms with Gasteiger partial charge in [-0.25, -0.2) is 0 Å². The molecule has 0 saturated heterocycles. The highest BCUT2D eigenvalue weighted by Crippen LogP contribution is 2.24. The Bertz CT molecular complexity index is 268. The summed E-state index contributed by atoms with van der Waals surface area (Å²) in [5, 5.41) is 0.302. The molecule has 0 N–H and O–H groups in total. The molecule has 1 unspecified atom stereocenters. The summed E-state index contributed by atoms with van der Waals surface area (Å²) in [4.78, 5) is 1.34. The zero-order valence-corrected chi connectivity index (χ0v) is 10.9. The van der Waals surface area contributed by atoms with Crippen LogP contribution in [0.15, 0.2) is 12.1 Å². The molecule has 0 aliphatic heterocycles. The zero-order valence-electron chi connectivity index (χ0n) is 8.59. The quantitative estimate of drug-likeness (QED) is 0.647. The molecule has 14 heavy (non-hydrogen) atoms. The van der Waals surface area contributed by atoms with Gasteiger partial charge in [0.2, 0.25) is 0 Å². The van der Waals surface area contributed by atoms with E-state index in [-0.39, 0.29) is 0 Å². The smallest absolute Gasteiger partial charge is 0.0931 e. The van der Waals surface area contributed by atoms with Crippen LogP contribution in [0.25, 0.3) is 0 Å². The molecule has 0 fully saturated rings. The molecule has 3 heteroatoms. The van der Waals surface area contributed by atoms with E-state index in [0.717, 1.165) is 23.6 Å². The van der Waals surface area contributed by atoms with Crippen molar-refractivity contribution in [2.45, 2.75) is 38.5 Å². The van der Waals surface area contributed by atoms with Crippen molar-refractivity contribution in [2.75, 3.05) is 0 Å². The van der Waals surface area contributed by atoms with Crippen molar-refractivity contribution in [3.63, 3.8) is 0 Å². The van der Waals surface area contributed by atoms with Gasteiger partial charge in [-0.15, -0.1) is 22.9 Å². The molecule has 1 rings (SSSR count). The summed E-state index contributed by atoms with van der Waals surface area (Å²) in [6, 6.07) is 4.04. The molecular formula is C11H16Cl2S. The highest BCUT2D eigenvalue weighted by Gasteiger charge is 2.08. The Hall–Kier alpha value is 0.280. The van der Waals surface area contributed by atoms with Gasteiger partial charge in [-0.1, -0.05) is 25.4 Å². The molecule has 1 aromatic rings. The fourth-order valence-corrected chi connectivity index (χ4v) is 2.98. The predicted octanol–water partition coefficient (Wildman–Crippen LogP) is 4.99. The lowest BCUT2D eigenvalue weighted by atomic mass is 10.0. The number of aryl methyl sites for hydroxylation is 1. The van der Waals surface area contributed by atoms with E-state index in [1.807, 2.05) is 6.07 Å². The van der Waals surface area contributed by atoms with Gasteiger partial charge in [0.15, 0.2) is 0 Å². The standard InChI is InChI=1S/C11H16Cl2S/c1-8(2)7-9(12)3-4-10-5-6-11(13)14-10/h5-6,8-9H,3-4,7H2,1-2H3. The Morgan fingerprint density at radius 1 is 1.36 bits per heavy atom. The molecule has 1 atom stereocenters. The highest BCUT2D eigenvalue weighted by atomic mass is 35.5. The van der Waals surface area contributed by atoms with Gasteiger partial charge < -0.3 is 0 Å². The number of rotatable bonds is 5. The first-order valence-corrected chi connectivity index (χ1v) is 6.59. The number of halogens is 2. The molecule has 0 aliphatic carbocycles. The monoisotopic (exact) mass is 250 g/mol. The van der Waals surface area contributed by atoms with Gasteiger partial charge in [0, 0.05) is 10.3 Å². The molecule has 1 aromatic heterocycles. The maximum absolute atomic E-state index is 6.20. The lowest BCUT2D eigenvalue weighted by molar-refractivity contribution is 0.545. The minimum Gasteiger partial charge on any atom is -0.128 e. The SMILES string of the molecule is CC(C)CC(Cl)CCc1ccc(Cl)s1. The van der Waals surface area contributed by atoms with E-state index < -0.39 is 0 Å². The van der Waals surface area contributed by atoms with Crippen LogP contribution in [0.4, 0.5) is 0 Å². The first kappa shape index (κ1) is 12.4. The Morgan fingerprint density at radius 2 is 2.07 bits per heavy atom. The Balaban J connectivity index is 2.26. The summed E-state index contributed by atoms with van der Waals surface area (Å²) in [7, 11) is 0. The van der Waals surface area contributed by atoms with Crippen LogP contribution in [0.2, 0.25) is 4.34 Å². The molecule has 1 heterocycles. The van der Waals surface area contributed by atoms with E-state index in [4.69, 9.17) is 23.2 Å². The summed E-state index contributed by atoms with van der Waals surface area (Å²) >= 11 is 13.7. The van der Waals surface area contributed by atoms with Crippen molar-refractivity contribution >= 4 is 34.5 Å². The molecule has 0 bridgehead atoms.